The zero-order valence-corrected chi connectivity index (χ0v) is 17.6. The number of thiophene rings is 2. The van der Waals surface area contributed by atoms with Gasteiger partial charge in [-0.15, -0.1) is 27.8 Å². The molecule has 0 bridgehead atoms. The van der Waals surface area contributed by atoms with Gasteiger partial charge in [0.25, 0.3) is 11.8 Å². The minimum absolute atomic E-state index is 0.109. The molecule has 30 heavy (non-hydrogen) atoms. The lowest BCUT2D eigenvalue weighted by Crippen LogP contribution is -2.18. The fraction of sp³-hybridized carbons (Fsp3) is 0.100. The minimum atomic E-state index is -0.621. The van der Waals surface area contributed by atoms with Crippen molar-refractivity contribution in [2.45, 2.75) is 13.8 Å². The molecule has 152 valence electrons. The number of benzene rings is 1. The molecule has 0 unspecified atom stereocenters. The zero-order chi connectivity index (χ0) is 21.4. The summed E-state index contributed by atoms with van der Waals surface area (Å²) in [6.45, 7) is 3.61. The van der Waals surface area contributed by atoms with Crippen LogP contribution in [0, 0.1) is 19.7 Å². The summed E-state index contributed by atoms with van der Waals surface area (Å²) >= 11 is 2.68. The highest BCUT2D eigenvalue weighted by Crippen LogP contribution is 2.32. The number of nitrogens with one attached hydrogen (secondary N) is 1. The lowest BCUT2D eigenvalue weighted by Gasteiger charge is -2.04. The van der Waals surface area contributed by atoms with Crippen LogP contribution >= 0.6 is 22.7 Å². The molecule has 3 heterocycles. The van der Waals surface area contributed by atoms with Gasteiger partial charge in [0.1, 0.15) is 10.8 Å². The van der Waals surface area contributed by atoms with Crippen LogP contribution in [-0.2, 0) is 0 Å². The van der Waals surface area contributed by atoms with E-state index in [1.54, 1.807) is 19.1 Å². The molecule has 3 aromatic heterocycles. The summed E-state index contributed by atoms with van der Waals surface area (Å²) in [5.74, 6) is -1.34. The third kappa shape index (κ3) is 3.62. The second-order valence-electron chi connectivity index (χ2n) is 6.43. The van der Waals surface area contributed by atoms with Crippen LogP contribution < -0.4 is 11.1 Å². The second-order valence-corrected chi connectivity index (χ2v) is 8.61. The highest BCUT2D eigenvalue weighted by atomic mass is 32.1. The highest BCUT2D eigenvalue weighted by Gasteiger charge is 2.23. The van der Waals surface area contributed by atoms with Crippen LogP contribution in [0.5, 0.6) is 0 Å². The summed E-state index contributed by atoms with van der Waals surface area (Å²) in [6.07, 6.45) is 0. The number of amides is 2. The number of primary amides is 1. The van der Waals surface area contributed by atoms with Crippen LogP contribution in [-0.4, -0.2) is 26.6 Å². The van der Waals surface area contributed by atoms with Crippen LogP contribution in [0.3, 0.4) is 0 Å². The van der Waals surface area contributed by atoms with E-state index in [0.29, 0.717) is 16.5 Å². The lowest BCUT2D eigenvalue weighted by atomic mass is 10.1. The van der Waals surface area contributed by atoms with Gasteiger partial charge in [0.15, 0.2) is 5.82 Å². The average molecular weight is 442 g/mol. The van der Waals surface area contributed by atoms with Crippen molar-refractivity contribution in [3.8, 4) is 16.4 Å². The quantitative estimate of drug-likeness (QED) is 0.485. The van der Waals surface area contributed by atoms with Crippen molar-refractivity contribution >= 4 is 39.5 Å². The third-order valence-electron chi connectivity index (χ3n) is 4.46. The molecule has 0 saturated carbocycles. The maximum atomic E-state index is 13.8. The second kappa shape index (κ2) is 7.81. The largest absolute Gasteiger partial charge is 0.365 e. The molecular weight excluding hydrogens is 425 g/mol. The molecule has 2 amide bonds. The van der Waals surface area contributed by atoms with Crippen molar-refractivity contribution in [2.75, 3.05) is 5.32 Å². The first kappa shape index (κ1) is 19.9. The Morgan fingerprint density at radius 3 is 2.67 bits per heavy atom. The van der Waals surface area contributed by atoms with Gasteiger partial charge in [-0.3, -0.25) is 9.59 Å². The summed E-state index contributed by atoms with van der Waals surface area (Å²) in [6, 6.07) is 9.55. The Morgan fingerprint density at radius 2 is 2.00 bits per heavy atom. The van der Waals surface area contributed by atoms with Crippen molar-refractivity contribution in [2.24, 2.45) is 5.73 Å². The first-order valence-corrected chi connectivity index (χ1v) is 10.5. The smallest absolute Gasteiger partial charge is 0.295 e. The van der Waals surface area contributed by atoms with Crippen LogP contribution in [0.15, 0.2) is 41.8 Å². The van der Waals surface area contributed by atoms with Gasteiger partial charge < -0.3 is 11.1 Å². The Balaban J connectivity index is 1.75. The molecule has 0 saturated heterocycles. The Labute approximate surface area is 179 Å². The number of nitrogens with two attached hydrogens (primary N) is 1. The molecule has 0 aliphatic rings. The van der Waals surface area contributed by atoms with Crippen molar-refractivity contribution < 1.29 is 14.0 Å². The molecule has 0 spiro atoms. The fourth-order valence-corrected chi connectivity index (χ4v) is 4.69. The van der Waals surface area contributed by atoms with Crippen molar-refractivity contribution in [3.05, 3.63) is 69.4 Å². The molecule has 0 radical (unpaired) electrons. The number of anilines is 1. The van der Waals surface area contributed by atoms with E-state index in [2.05, 4.69) is 15.4 Å². The SMILES string of the molecule is Cc1sc(NC(=O)c2nc(-c3cccs3)n(-c3cccc(F)c3)n2)c(C(N)=O)c1C. The van der Waals surface area contributed by atoms with E-state index in [9.17, 15) is 14.0 Å². The van der Waals surface area contributed by atoms with Gasteiger partial charge in [0, 0.05) is 4.88 Å². The minimum Gasteiger partial charge on any atom is -0.365 e. The molecule has 0 aliphatic heterocycles. The molecule has 10 heteroatoms. The number of carbonyl (C=O) groups excluding carboxylic acids is 2. The summed E-state index contributed by atoms with van der Waals surface area (Å²) in [5.41, 5.74) is 6.90. The number of hydrogen-bond donors (Lipinski definition) is 2. The van der Waals surface area contributed by atoms with E-state index >= 15 is 0 Å². The summed E-state index contributed by atoms with van der Waals surface area (Å²) < 4.78 is 15.2. The van der Waals surface area contributed by atoms with Crippen LogP contribution in [0.2, 0.25) is 0 Å². The third-order valence-corrected chi connectivity index (χ3v) is 6.45. The van der Waals surface area contributed by atoms with Gasteiger partial charge in [-0.2, -0.15) is 0 Å². The summed E-state index contributed by atoms with van der Waals surface area (Å²) in [5, 5.41) is 9.21. The van der Waals surface area contributed by atoms with E-state index < -0.39 is 17.6 Å². The molecule has 4 rings (SSSR count). The topological polar surface area (TPSA) is 103 Å². The van der Waals surface area contributed by atoms with Crippen molar-refractivity contribution in [1.82, 2.24) is 14.8 Å². The van der Waals surface area contributed by atoms with E-state index in [0.717, 1.165) is 15.3 Å². The summed E-state index contributed by atoms with van der Waals surface area (Å²) in [4.78, 5) is 30.7. The van der Waals surface area contributed by atoms with Gasteiger partial charge in [-0.25, -0.2) is 14.1 Å². The first-order chi connectivity index (χ1) is 14.3. The summed E-state index contributed by atoms with van der Waals surface area (Å²) in [7, 11) is 0. The van der Waals surface area contributed by atoms with Gasteiger partial charge in [0.05, 0.1) is 16.1 Å². The molecule has 4 aromatic rings. The number of carbonyl (C=O) groups is 2. The number of aromatic nitrogens is 3. The predicted molar refractivity (Wildman–Crippen MR) is 115 cm³/mol. The Morgan fingerprint density at radius 1 is 1.20 bits per heavy atom. The molecule has 0 atom stereocenters. The van der Waals surface area contributed by atoms with Crippen LogP contribution in [0.1, 0.15) is 31.4 Å². The van der Waals surface area contributed by atoms with Gasteiger partial charge >= 0.3 is 0 Å². The maximum absolute atomic E-state index is 13.8. The molecule has 0 fully saturated rings. The molecular formula is C20H16FN5O2S2. The molecule has 0 aliphatic carbocycles. The predicted octanol–water partition coefficient (Wildman–Crippen LogP) is 4.16. The Kier molecular flexibility index (Phi) is 5.18. The number of hydrogen-bond acceptors (Lipinski definition) is 6. The number of aryl methyl sites for hydroxylation is 1. The van der Waals surface area contributed by atoms with E-state index in [4.69, 9.17) is 5.73 Å². The van der Waals surface area contributed by atoms with Crippen molar-refractivity contribution in [3.63, 3.8) is 0 Å². The first-order valence-electron chi connectivity index (χ1n) is 8.83. The Bertz CT molecular complexity index is 1260. The monoisotopic (exact) mass is 441 g/mol. The number of nitrogens with zero attached hydrogens (tertiary/aromatic N) is 3. The van der Waals surface area contributed by atoms with E-state index in [-0.39, 0.29) is 11.4 Å². The van der Waals surface area contributed by atoms with E-state index in [1.165, 1.54) is 39.5 Å². The average Bonchev–Trinajstić information content (AvgIpc) is 3.41. The number of rotatable bonds is 5. The Hall–Kier alpha value is -3.37. The van der Waals surface area contributed by atoms with Gasteiger partial charge in [-0.05, 0) is 49.1 Å². The van der Waals surface area contributed by atoms with Crippen molar-refractivity contribution in [1.29, 1.82) is 0 Å². The standard InChI is InChI=1S/C20H16FN5O2S2/c1-10-11(2)30-20(15(10)16(22)27)24-19(28)17-23-18(14-7-4-8-29-14)26(25-17)13-6-3-5-12(21)9-13/h3-9H,1-2H3,(H2,22,27)(H,24,28). The molecule has 3 N–H and O–H groups in total. The molecule has 7 nitrogen and oxygen atoms in total. The van der Waals surface area contributed by atoms with Crippen LogP contribution in [0.25, 0.3) is 16.4 Å². The van der Waals surface area contributed by atoms with Gasteiger partial charge in [-0.1, -0.05) is 12.1 Å². The zero-order valence-electron chi connectivity index (χ0n) is 16.0. The van der Waals surface area contributed by atoms with Gasteiger partial charge in [0.2, 0.25) is 5.82 Å². The lowest BCUT2D eigenvalue weighted by molar-refractivity contribution is 0.100. The molecule has 1 aromatic carbocycles. The normalized spacial score (nSPS) is 10.9. The maximum Gasteiger partial charge on any atom is 0.295 e. The highest BCUT2D eigenvalue weighted by molar-refractivity contribution is 7.16. The van der Waals surface area contributed by atoms with Crippen LogP contribution in [0.4, 0.5) is 9.39 Å². The number of halogens is 1. The van der Waals surface area contributed by atoms with E-state index in [1.807, 2.05) is 24.4 Å². The fourth-order valence-electron chi connectivity index (χ4n) is 2.93.